The number of phenolic OH excluding ortho intramolecular Hbond substituents is 2. The Morgan fingerprint density at radius 2 is 1.87 bits per heavy atom. The van der Waals surface area contributed by atoms with E-state index in [4.69, 9.17) is 24.7 Å². The van der Waals surface area contributed by atoms with Crippen molar-refractivity contribution in [2.24, 2.45) is 5.92 Å². The number of nitrogens with zero attached hydrogens (tertiary/aromatic N) is 1. The smallest absolute Gasteiger partial charge is 0.302 e. The number of ether oxygens (including phenoxy) is 4. The standard InChI is InChI=1S/C44H48N4O7/c1-24(49)53-23-34-31-9-10-32-40-28(15-29(50)17-38(40)52-4)20-44-13-12-25(19-44)14-27-8-11-39(45)48-35(27)7-5-6-26-16-36(51)37(54-30(21-46-2)22-47-3)18-33(26)42(34)55-43(31)41(32)44/h8-11,15-18,25,30,34,42,46-47,50-51H,6,12-14,19-23H2,1-4H3,(H2,45,48). The van der Waals surface area contributed by atoms with E-state index in [-0.39, 0.29) is 47.9 Å². The molecule has 3 aromatic carbocycles. The van der Waals surface area contributed by atoms with E-state index in [9.17, 15) is 15.0 Å². The second-order valence-corrected chi connectivity index (χ2v) is 15.4. The van der Waals surface area contributed by atoms with Crippen molar-refractivity contribution in [2.45, 2.75) is 69.0 Å². The normalized spacial score (nSPS) is 21.5. The zero-order chi connectivity index (χ0) is 38.4. The summed E-state index contributed by atoms with van der Waals surface area (Å²) < 4.78 is 25.4. The van der Waals surface area contributed by atoms with Gasteiger partial charge in [0.2, 0.25) is 0 Å². The van der Waals surface area contributed by atoms with E-state index in [1.165, 1.54) is 6.92 Å². The Morgan fingerprint density at radius 3 is 2.64 bits per heavy atom. The molecule has 286 valence electrons. The fourth-order valence-corrected chi connectivity index (χ4v) is 9.54. The fraction of sp³-hybridized carbons (Fsp3) is 0.409. The number of pyridine rings is 1. The van der Waals surface area contributed by atoms with Crippen molar-refractivity contribution < 1.29 is 34.0 Å². The minimum atomic E-state index is -0.601. The van der Waals surface area contributed by atoms with Crippen LogP contribution in [0.25, 0.3) is 11.1 Å². The number of carbonyl (C=O) groups is 1. The first-order valence-corrected chi connectivity index (χ1v) is 19.0. The summed E-state index contributed by atoms with van der Waals surface area (Å²) in [5, 5.41) is 28.6. The second kappa shape index (κ2) is 14.7. The molecule has 4 aliphatic rings. The lowest BCUT2D eigenvalue weighted by molar-refractivity contribution is -0.141. The number of anilines is 1. The highest BCUT2D eigenvalue weighted by Crippen LogP contribution is 2.62. The van der Waals surface area contributed by atoms with Crippen molar-refractivity contribution in [1.82, 2.24) is 15.6 Å². The van der Waals surface area contributed by atoms with Gasteiger partial charge in [0.05, 0.1) is 13.0 Å². The van der Waals surface area contributed by atoms with Crippen LogP contribution in [-0.2, 0) is 34.2 Å². The third-order valence-corrected chi connectivity index (χ3v) is 11.8. The van der Waals surface area contributed by atoms with Gasteiger partial charge < -0.3 is 45.5 Å². The number of likely N-dealkylation sites (N-methyl/N-ethyl adjacent to an activating group) is 2. The molecule has 1 spiro atoms. The topological polar surface area (TPSA) is 157 Å². The SMILES string of the molecule is CNCC(CNC)Oc1cc2c(cc1O)CC#Cc1nc(N)ccc1CC1CCC3(Cc4cc(O)cc(OC)c4-c4ccc5c(c43)OC2C5COC(C)=O)C1. The van der Waals surface area contributed by atoms with Gasteiger partial charge in [0.25, 0.3) is 0 Å². The fourth-order valence-electron chi connectivity index (χ4n) is 9.54. The van der Waals surface area contributed by atoms with E-state index < -0.39 is 6.10 Å². The van der Waals surface area contributed by atoms with E-state index in [1.54, 1.807) is 19.2 Å². The average Bonchev–Trinajstić information content (AvgIpc) is 3.72. The highest BCUT2D eigenvalue weighted by Gasteiger charge is 2.51. The van der Waals surface area contributed by atoms with Gasteiger partial charge >= 0.3 is 5.97 Å². The van der Waals surface area contributed by atoms with Crippen molar-refractivity contribution in [3.63, 3.8) is 0 Å². The Labute approximate surface area is 321 Å². The van der Waals surface area contributed by atoms with Crippen molar-refractivity contribution in [3.05, 3.63) is 87.6 Å². The number of hydrogen-bond donors (Lipinski definition) is 5. The van der Waals surface area contributed by atoms with Crippen LogP contribution in [0.4, 0.5) is 5.82 Å². The van der Waals surface area contributed by atoms with E-state index in [2.05, 4.69) is 39.6 Å². The van der Waals surface area contributed by atoms with Crippen molar-refractivity contribution in [2.75, 3.05) is 46.6 Å². The summed E-state index contributed by atoms with van der Waals surface area (Å²) in [4.78, 5) is 17.1. The molecule has 1 fully saturated rings. The largest absolute Gasteiger partial charge is 0.508 e. The third-order valence-electron chi connectivity index (χ3n) is 11.8. The molecule has 4 bridgehead atoms. The summed E-state index contributed by atoms with van der Waals surface area (Å²) in [6.45, 7) is 2.61. The molecule has 0 amide bonds. The minimum absolute atomic E-state index is 0.00825. The van der Waals surface area contributed by atoms with Crippen molar-refractivity contribution in [3.8, 4) is 51.7 Å². The van der Waals surface area contributed by atoms with Crippen LogP contribution in [0.2, 0.25) is 0 Å². The molecule has 0 radical (unpaired) electrons. The molecule has 11 heteroatoms. The Balaban J connectivity index is 1.37. The lowest BCUT2D eigenvalue weighted by Crippen LogP contribution is -2.37. The number of aromatic nitrogens is 1. The lowest BCUT2D eigenvalue weighted by Gasteiger charge is -2.39. The molecule has 1 aromatic heterocycles. The molecule has 3 heterocycles. The Morgan fingerprint density at radius 1 is 1.05 bits per heavy atom. The number of phenols is 2. The number of nitrogens with two attached hydrogens (primary N) is 1. The maximum atomic E-state index is 12.4. The zero-order valence-corrected chi connectivity index (χ0v) is 31.8. The van der Waals surface area contributed by atoms with Gasteiger partial charge in [-0.3, -0.25) is 4.79 Å². The molecule has 55 heavy (non-hydrogen) atoms. The Bertz CT molecular complexity index is 2220. The minimum Gasteiger partial charge on any atom is -0.508 e. The first-order chi connectivity index (χ1) is 26.6. The number of methoxy groups -OCH3 is 1. The van der Waals surface area contributed by atoms with Gasteiger partial charge in [-0.05, 0) is 105 Å². The predicted molar refractivity (Wildman–Crippen MR) is 209 cm³/mol. The van der Waals surface area contributed by atoms with Gasteiger partial charge in [-0.1, -0.05) is 24.1 Å². The molecule has 11 nitrogen and oxygen atoms in total. The summed E-state index contributed by atoms with van der Waals surface area (Å²) in [5.74, 6) is 8.54. The quantitative estimate of drug-likeness (QED) is 0.110. The van der Waals surface area contributed by atoms with Gasteiger partial charge in [0, 0.05) is 60.2 Å². The van der Waals surface area contributed by atoms with Crippen LogP contribution >= 0.6 is 0 Å². The Kier molecular flexibility index (Phi) is 9.74. The summed E-state index contributed by atoms with van der Waals surface area (Å²) in [7, 11) is 5.35. The van der Waals surface area contributed by atoms with Crippen LogP contribution in [0.15, 0.2) is 48.5 Å². The molecule has 2 aliphatic heterocycles. The molecule has 1 saturated carbocycles. The number of hydrogen-bond acceptors (Lipinski definition) is 11. The van der Waals surface area contributed by atoms with E-state index in [0.29, 0.717) is 48.4 Å². The first kappa shape index (κ1) is 36.5. The second-order valence-electron chi connectivity index (χ2n) is 15.4. The number of carbonyl (C=O) groups excluding carboxylic acids is 1. The summed E-state index contributed by atoms with van der Waals surface area (Å²) in [6.07, 6.45) is 3.67. The molecular formula is C44H48N4O7. The van der Waals surface area contributed by atoms with E-state index in [0.717, 1.165) is 75.9 Å². The first-order valence-electron chi connectivity index (χ1n) is 19.0. The monoisotopic (exact) mass is 744 g/mol. The molecule has 2 aliphatic carbocycles. The summed E-state index contributed by atoms with van der Waals surface area (Å²) >= 11 is 0. The number of nitrogens with one attached hydrogen (secondary N) is 2. The number of aromatic hydroxyl groups is 2. The van der Waals surface area contributed by atoms with E-state index >= 15 is 0 Å². The average molecular weight is 745 g/mol. The Hall–Kier alpha value is -5.44. The van der Waals surface area contributed by atoms with Gasteiger partial charge in [-0.15, -0.1) is 0 Å². The summed E-state index contributed by atoms with van der Waals surface area (Å²) in [5.41, 5.74) is 14.2. The predicted octanol–water partition coefficient (Wildman–Crippen LogP) is 5.46. The molecule has 4 atom stereocenters. The molecule has 6 N–H and O–H groups in total. The van der Waals surface area contributed by atoms with Crippen LogP contribution in [0.3, 0.4) is 0 Å². The maximum absolute atomic E-state index is 12.4. The molecule has 0 saturated heterocycles. The van der Waals surface area contributed by atoms with Crippen LogP contribution < -0.4 is 30.6 Å². The molecule has 4 unspecified atom stereocenters. The van der Waals surface area contributed by atoms with Gasteiger partial charge in [-0.25, -0.2) is 4.98 Å². The summed E-state index contributed by atoms with van der Waals surface area (Å²) in [6, 6.07) is 15.2. The van der Waals surface area contributed by atoms with E-state index in [1.807, 2.05) is 38.4 Å². The van der Waals surface area contributed by atoms with Crippen LogP contribution in [0.1, 0.15) is 77.3 Å². The number of nitrogen functional groups attached to an aromatic ring is 1. The maximum Gasteiger partial charge on any atom is 0.302 e. The molecule has 8 rings (SSSR count). The number of rotatable bonds is 9. The number of esters is 1. The van der Waals surface area contributed by atoms with Gasteiger partial charge in [0.15, 0.2) is 11.5 Å². The highest BCUT2D eigenvalue weighted by molar-refractivity contribution is 5.84. The van der Waals surface area contributed by atoms with Gasteiger partial charge in [-0.2, -0.15) is 0 Å². The lowest BCUT2D eigenvalue weighted by atomic mass is 9.65. The zero-order valence-electron chi connectivity index (χ0n) is 31.8. The van der Waals surface area contributed by atoms with Crippen molar-refractivity contribution >= 4 is 11.8 Å². The third kappa shape index (κ3) is 6.68. The highest BCUT2D eigenvalue weighted by atomic mass is 16.5. The number of benzene rings is 3. The van der Waals surface area contributed by atoms with Crippen molar-refractivity contribution in [1.29, 1.82) is 0 Å². The van der Waals surface area contributed by atoms with Crippen LogP contribution in [-0.4, -0.2) is 68.2 Å². The molecular weight excluding hydrogens is 697 g/mol. The van der Waals surface area contributed by atoms with Gasteiger partial charge in [0.1, 0.15) is 47.6 Å². The molecule has 4 aromatic rings. The van der Waals surface area contributed by atoms with Crippen LogP contribution in [0, 0.1) is 17.8 Å². The number of fused-ring (bicyclic) bond motifs is 7. The van der Waals surface area contributed by atoms with Crippen LogP contribution in [0.5, 0.6) is 28.7 Å².